The molecule has 0 radical (unpaired) electrons. The molecule has 81 heavy (non-hydrogen) atoms. The number of nitrogens with two attached hydrogens (primary N) is 2. The van der Waals surface area contributed by atoms with Crippen molar-refractivity contribution in [1.29, 1.82) is 0 Å². The van der Waals surface area contributed by atoms with Gasteiger partial charge in [-0.2, -0.15) is 8.78 Å². The molecule has 0 spiro atoms. The van der Waals surface area contributed by atoms with E-state index >= 15 is 0 Å². The van der Waals surface area contributed by atoms with E-state index in [0.29, 0.717) is 129 Å². The minimum Gasteiger partial charge on any atom is -0.453 e. The van der Waals surface area contributed by atoms with Crippen LogP contribution >= 0.6 is 12.4 Å². The number of piperazine rings is 4. The van der Waals surface area contributed by atoms with Crippen molar-refractivity contribution in [2.24, 2.45) is 0 Å². The molecule has 0 saturated carbocycles. The van der Waals surface area contributed by atoms with Gasteiger partial charge in [0.1, 0.15) is 0 Å². The first-order valence-corrected chi connectivity index (χ1v) is 25.4. The number of hydrogen-bond donors (Lipinski definition) is 2. The van der Waals surface area contributed by atoms with Gasteiger partial charge in [0.2, 0.25) is 11.6 Å². The third-order valence-electron chi connectivity index (χ3n) is 13.5. The van der Waals surface area contributed by atoms with Crippen molar-refractivity contribution in [3.05, 3.63) is 139 Å². The fourth-order valence-electron chi connectivity index (χ4n) is 8.94. The Kier molecular flexibility index (Phi) is 26.3. The van der Waals surface area contributed by atoms with Crippen LogP contribution in [0, 0.1) is 43.5 Å². The summed E-state index contributed by atoms with van der Waals surface area (Å²) in [5.41, 5.74) is 12.2. The first-order valence-electron chi connectivity index (χ1n) is 25.4. The maximum atomic E-state index is 14.0. The average Bonchev–Trinajstić information content (AvgIpc) is 3.47. The number of carbonyl (C=O) groups is 4. The number of nitrogens with zero attached hydrogens (tertiary/aromatic N) is 10. The zero-order valence-corrected chi connectivity index (χ0v) is 46.3. The predicted octanol–water partition coefficient (Wildman–Crippen LogP) is 6.24. The SMILES string of the molecule is COC(=O)N1CCN(Cc2cccc(N)c2F)CC1.COC(=O)N1CCN(Cc2cccc(N)c2F)CC1.COC(=O)N1CCN(Cc2cccc([N+](=O)[O-])c2F)CC1.COC(=O)N1CCN(Cc2cccc([N+](=O)[O-])c2F)CC1.Cl. The lowest BCUT2D eigenvalue weighted by Gasteiger charge is -2.33. The van der Waals surface area contributed by atoms with Crippen LogP contribution in [-0.2, 0) is 45.1 Å². The molecular formula is C52H69ClF4N12O12. The molecule has 4 fully saturated rings. The van der Waals surface area contributed by atoms with E-state index in [9.17, 15) is 57.0 Å². The highest BCUT2D eigenvalue weighted by atomic mass is 35.5. The molecule has 4 aliphatic heterocycles. The van der Waals surface area contributed by atoms with Crippen molar-refractivity contribution in [3.63, 3.8) is 0 Å². The van der Waals surface area contributed by atoms with Crippen molar-refractivity contribution in [1.82, 2.24) is 39.2 Å². The van der Waals surface area contributed by atoms with Gasteiger partial charge in [0, 0.05) is 165 Å². The maximum Gasteiger partial charge on any atom is 0.409 e. The van der Waals surface area contributed by atoms with Gasteiger partial charge < -0.3 is 50.0 Å². The lowest BCUT2D eigenvalue weighted by atomic mass is 10.1. The van der Waals surface area contributed by atoms with Crippen LogP contribution in [0.4, 0.5) is 59.5 Å². The molecule has 4 saturated heterocycles. The minimum absolute atomic E-state index is 0. The predicted molar refractivity (Wildman–Crippen MR) is 292 cm³/mol. The molecule has 4 aliphatic rings. The Bertz CT molecular complexity index is 2560. The molecule has 0 unspecified atom stereocenters. The zero-order chi connectivity index (χ0) is 58.5. The maximum absolute atomic E-state index is 14.0. The number of hydrogen-bond acceptors (Lipinski definition) is 18. The van der Waals surface area contributed by atoms with Gasteiger partial charge in [0.25, 0.3) is 0 Å². The number of ether oxygens (including phenoxy) is 4. The summed E-state index contributed by atoms with van der Waals surface area (Å²) in [6, 6.07) is 18.4. The summed E-state index contributed by atoms with van der Waals surface area (Å²) >= 11 is 0. The highest BCUT2D eigenvalue weighted by Gasteiger charge is 2.28. The van der Waals surface area contributed by atoms with Crippen LogP contribution in [0.2, 0.25) is 0 Å². The van der Waals surface area contributed by atoms with E-state index < -0.39 is 32.9 Å². The number of carbonyl (C=O) groups excluding carboxylic acids is 4. The van der Waals surface area contributed by atoms with Gasteiger partial charge in [-0.1, -0.05) is 48.5 Å². The van der Waals surface area contributed by atoms with Crippen LogP contribution < -0.4 is 11.5 Å². The monoisotopic (exact) mass is 1160 g/mol. The van der Waals surface area contributed by atoms with Crippen LogP contribution in [0.25, 0.3) is 0 Å². The molecule has 4 aromatic rings. The molecule has 0 aliphatic carbocycles. The fourth-order valence-corrected chi connectivity index (χ4v) is 8.94. The van der Waals surface area contributed by atoms with E-state index in [1.807, 2.05) is 9.80 Å². The Morgan fingerprint density at radius 3 is 0.827 bits per heavy atom. The molecule has 4 amide bonds. The zero-order valence-electron chi connectivity index (χ0n) is 45.5. The van der Waals surface area contributed by atoms with Crippen LogP contribution in [-0.4, -0.2) is 207 Å². The smallest absolute Gasteiger partial charge is 0.409 e. The molecule has 0 atom stereocenters. The van der Waals surface area contributed by atoms with Gasteiger partial charge in [-0.05, 0) is 12.1 Å². The molecule has 444 valence electrons. The highest BCUT2D eigenvalue weighted by Crippen LogP contribution is 2.24. The molecule has 0 bridgehead atoms. The van der Waals surface area contributed by atoms with E-state index in [1.54, 1.807) is 56.0 Å². The summed E-state index contributed by atoms with van der Waals surface area (Å²) in [6.07, 6.45) is -1.38. The summed E-state index contributed by atoms with van der Waals surface area (Å²) in [5.74, 6) is -2.29. The van der Waals surface area contributed by atoms with Crippen molar-refractivity contribution in [3.8, 4) is 0 Å². The Morgan fingerprint density at radius 2 is 0.617 bits per heavy atom. The van der Waals surface area contributed by atoms with E-state index in [-0.39, 0.29) is 84.0 Å². The molecule has 24 nitrogen and oxygen atoms in total. The molecule has 4 aromatic carbocycles. The third-order valence-corrected chi connectivity index (χ3v) is 13.5. The standard InChI is InChI=1S/2C13H16FN3O4.2C13H18FN3O2.ClH/c2*1-21-13(18)16-7-5-15(6-8-16)9-10-3-2-4-11(12(10)14)17(19)20;2*1-19-13(18)17-7-5-16(6-8-17)9-10-3-2-4-11(15)12(10)14;/h2*2-4H,5-9H2,1H3;2*2-4H,5-9,15H2,1H3;1H. The number of halogens is 5. The molecule has 0 aromatic heterocycles. The molecule has 8 rings (SSSR count). The summed E-state index contributed by atoms with van der Waals surface area (Å²) in [6.45, 7) is 11.0. The third kappa shape index (κ3) is 19.2. The minimum atomic E-state index is -0.794. The Balaban J connectivity index is 0.000000232. The fraction of sp³-hybridized carbons (Fsp3) is 0.462. The Morgan fingerprint density at radius 1 is 0.407 bits per heavy atom. The van der Waals surface area contributed by atoms with Gasteiger partial charge in [0.05, 0.1) is 49.7 Å². The second kappa shape index (κ2) is 32.5. The van der Waals surface area contributed by atoms with Crippen LogP contribution in [0.5, 0.6) is 0 Å². The van der Waals surface area contributed by atoms with Crippen molar-refractivity contribution >= 4 is 59.5 Å². The number of benzene rings is 4. The van der Waals surface area contributed by atoms with Gasteiger partial charge >= 0.3 is 35.7 Å². The van der Waals surface area contributed by atoms with E-state index in [4.69, 9.17) is 11.5 Å². The molecule has 4 heterocycles. The van der Waals surface area contributed by atoms with E-state index in [1.165, 1.54) is 52.7 Å². The second-order valence-electron chi connectivity index (χ2n) is 18.6. The van der Waals surface area contributed by atoms with Crippen molar-refractivity contribution in [2.75, 3.05) is 145 Å². The average molecular weight is 1170 g/mol. The Labute approximate surface area is 472 Å². The van der Waals surface area contributed by atoms with Crippen molar-refractivity contribution < 1.29 is 65.5 Å². The van der Waals surface area contributed by atoms with Gasteiger partial charge in [-0.25, -0.2) is 28.0 Å². The van der Waals surface area contributed by atoms with E-state index in [2.05, 4.69) is 28.7 Å². The Hall–Kier alpha value is -7.79. The van der Waals surface area contributed by atoms with Crippen LogP contribution in [0.1, 0.15) is 22.3 Å². The number of rotatable bonds is 10. The quantitative estimate of drug-likeness (QED) is 0.0585. The number of methoxy groups -OCH3 is 4. The highest BCUT2D eigenvalue weighted by molar-refractivity contribution is 5.85. The lowest BCUT2D eigenvalue weighted by Crippen LogP contribution is -2.48. The number of nitro benzene ring substituents is 2. The number of anilines is 2. The van der Waals surface area contributed by atoms with E-state index in [0.717, 1.165) is 12.1 Å². The normalized spacial score (nSPS) is 15.9. The number of nitrogen functional groups attached to an aromatic ring is 2. The second-order valence-corrected chi connectivity index (χ2v) is 18.6. The van der Waals surface area contributed by atoms with Crippen LogP contribution in [0.3, 0.4) is 0 Å². The number of amides is 4. The summed E-state index contributed by atoms with van der Waals surface area (Å²) < 4.78 is 74.1. The summed E-state index contributed by atoms with van der Waals surface area (Å²) in [4.78, 5) is 79.9. The van der Waals surface area contributed by atoms with Gasteiger partial charge in [-0.3, -0.25) is 39.8 Å². The molecular weight excluding hydrogens is 1100 g/mol. The molecule has 4 N–H and O–H groups in total. The largest absolute Gasteiger partial charge is 0.453 e. The van der Waals surface area contributed by atoms with Crippen LogP contribution in [0.15, 0.2) is 72.8 Å². The molecule has 29 heteroatoms. The first kappa shape index (κ1) is 65.7. The number of nitro groups is 2. The lowest BCUT2D eigenvalue weighted by molar-refractivity contribution is -0.387. The summed E-state index contributed by atoms with van der Waals surface area (Å²) in [5, 5.41) is 21.4. The van der Waals surface area contributed by atoms with Gasteiger partial charge in [-0.15, -0.1) is 12.4 Å². The topological polar surface area (TPSA) is 269 Å². The summed E-state index contributed by atoms with van der Waals surface area (Å²) in [7, 11) is 5.40. The van der Waals surface area contributed by atoms with Gasteiger partial charge in [0.15, 0.2) is 11.6 Å². The van der Waals surface area contributed by atoms with Crippen molar-refractivity contribution in [2.45, 2.75) is 26.2 Å². The first-order chi connectivity index (χ1) is 38.3.